The molecule has 2 rings (SSSR count). The van der Waals surface area contributed by atoms with Crippen molar-refractivity contribution in [1.82, 2.24) is 15.1 Å². The SMILES string of the molecule is CCN1CCN(/C=C(/C#N)C(=O)NCc2ccco2)CC1. The molecule has 0 radical (unpaired) electrons. The summed E-state index contributed by atoms with van der Waals surface area (Å²) >= 11 is 0. The Labute approximate surface area is 124 Å². The fourth-order valence-electron chi connectivity index (χ4n) is 2.21. The predicted octanol–water partition coefficient (Wildman–Crippen LogP) is 0.941. The number of carbonyl (C=O) groups is 1. The first-order valence-electron chi connectivity index (χ1n) is 7.12. The summed E-state index contributed by atoms with van der Waals surface area (Å²) in [5, 5.41) is 11.8. The lowest BCUT2D eigenvalue weighted by Crippen LogP contribution is -2.44. The third-order valence-electron chi connectivity index (χ3n) is 3.53. The molecule has 6 nitrogen and oxygen atoms in total. The zero-order valence-corrected chi connectivity index (χ0v) is 12.2. The van der Waals surface area contributed by atoms with Gasteiger partial charge in [-0.3, -0.25) is 4.79 Å². The first-order chi connectivity index (χ1) is 10.2. The van der Waals surface area contributed by atoms with Crippen LogP contribution in [0.2, 0.25) is 0 Å². The zero-order valence-electron chi connectivity index (χ0n) is 12.2. The van der Waals surface area contributed by atoms with Gasteiger partial charge in [0.05, 0.1) is 12.8 Å². The van der Waals surface area contributed by atoms with Gasteiger partial charge >= 0.3 is 0 Å². The molecule has 1 amide bonds. The fourth-order valence-corrected chi connectivity index (χ4v) is 2.21. The molecule has 1 aromatic rings. The normalized spacial score (nSPS) is 16.6. The van der Waals surface area contributed by atoms with Crippen LogP contribution < -0.4 is 5.32 Å². The highest BCUT2D eigenvalue weighted by molar-refractivity contribution is 5.97. The first-order valence-corrected chi connectivity index (χ1v) is 7.12. The maximum Gasteiger partial charge on any atom is 0.263 e. The number of nitrogens with one attached hydrogen (secondary N) is 1. The van der Waals surface area contributed by atoms with Crippen molar-refractivity contribution in [3.05, 3.63) is 35.9 Å². The van der Waals surface area contributed by atoms with Gasteiger partial charge in [0.2, 0.25) is 0 Å². The van der Waals surface area contributed by atoms with Gasteiger partial charge in [0, 0.05) is 32.4 Å². The molecule has 0 saturated carbocycles. The molecule has 0 spiro atoms. The minimum Gasteiger partial charge on any atom is -0.467 e. The molecule has 1 fully saturated rings. The monoisotopic (exact) mass is 288 g/mol. The van der Waals surface area contributed by atoms with Gasteiger partial charge in [-0.15, -0.1) is 0 Å². The van der Waals surface area contributed by atoms with E-state index in [1.807, 2.05) is 11.0 Å². The Morgan fingerprint density at radius 2 is 2.24 bits per heavy atom. The second kappa shape index (κ2) is 7.50. The van der Waals surface area contributed by atoms with Gasteiger partial charge in [0.25, 0.3) is 5.91 Å². The number of hydrogen-bond acceptors (Lipinski definition) is 5. The van der Waals surface area contributed by atoms with Gasteiger partial charge in [-0.1, -0.05) is 6.92 Å². The summed E-state index contributed by atoms with van der Waals surface area (Å²) in [4.78, 5) is 16.3. The number of likely N-dealkylation sites (N-methyl/N-ethyl adjacent to an activating group) is 1. The van der Waals surface area contributed by atoms with Gasteiger partial charge in [-0.25, -0.2) is 0 Å². The number of rotatable bonds is 5. The lowest BCUT2D eigenvalue weighted by atomic mass is 10.2. The Morgan fingerprint density at radius 1 is 1.48 bits per heavy atom. The molecular weight excluding hydrogens is 268 g/mol. The van der Waals surface area contributed by atoms with Crippen LogP contribution in [0.25, 0.3) is 0 Å². The molecule has 0 atom stereocenters. The summed E-state index contributed by atoms with van der Waals surface area (Å²) in [7, 11) is 0. The molecule has 112 valence electrons. The molecule has 1 aromatic heterocycles. The molecule has 1 saturated heterocycles. The molecule has 2 heterocycles. The summed E-state index contributed by atoms with van der Waals surface area (Å²) < 4.78 is 5.14. The molecule has 0 aromatic carbocycles. The van der Waals surface area contributed by atoms with Crippen molar-refractivity contribution in [1.29, 1.82) is 5.26 Å². The van der Waals surface area contributed by atoms with E-state index in [0.29, 0.717) is 5.76 Å². The Hall–Kier alpha value is -2.26. The first kappa shape index (κ1) is 15.1. The fraction of sp³-hybridized carbons (Fsp3) is 0.467. The molecular formula is C15H20N4O2. The Balaban J connectivity index is 1.88. The average Bonchev–Trinajstić information content (AvgIpc) is 3.04. The van der Waals surface area contributed by atoms with Crippen molar-refractivity contribution in [2.75, 3.05) is 32.7 Å². The second-order valence-corrected chi connectivity index (χ2v) is 4.89. The number of hydrogen-bond donors (Lipinski definition) is 1. The van der Waals surface area contributed by atoms with Gasteiger partial charge < -0.3 is 19.5 Å². The highest BCUT2D eigenvalue weighted by Crippen LogP contribution is 2.05. The quantitative estimate of drug-likeness (QED) is 0.645. The minimum atomic E-state index is -0.369. The van der Waals surface area contributed by atoms with E-state index in [1.54, 1.807) is 24.6 Å². The van der Waals surface area contributed by atoms with E-state index < -0.39 is 0 Å². The lowest BCUT2D eigenvalue weighted by molar-refractivity contribution is -0.117. The van der Waals surface area contributed by atoms with Crippen LogP contribution >= 0.6 is 0 Å². The van der Waals surface area contributed by atoms with Crippen molar-refractivity contribution in [3.63, 3.8) is 0 Å². The lowest BCUT2D eigenvalue weighted by Gasteiger charge is -2.33. The van der Waals surface area contributed by atoms with Gasteiger partial charge in [-0.05, 0) is 18.7 Å². The molecule has 6 heteroatoms. The third kappa shape index (κ3) is 4.36. The highest BCUT2D eigenvalue weighted by Gasteiger charge is 2.16. The van der Waals surface area contributed by atoms with Crippen LogP contribution in [-0.2, 0) is 11.3 Å². The maximum atomic E-state index is 12.0. The second-order valence-electron chi connectivity index (χ2n) is 4.89. The molecule has 1 aliphatic heterocycles. The molecule has 1 N–H and O–H groups in total. The minimum absolute atomic E-state index is 0.131. The molecule has 0 aliphatic carbocycles. The van der Waals surface area contributed by atoms with Crippen molar-refractivity contribution in [2.45, 2.75) is 13.5 Å². The molecule has 0 unspecified atom stereocenters. The Morgan fingerprint density at radius 3 is 2.81 bits per heavy atom. The van der Waals surface area contributed by atoms with Crippen molar-refractivity contribution in [2.24, 2.45) is 0 Å². The van der Waals surface area contributed by atoms with Crippen LogP contribution in [-0.4, -0.2) is 48.4 Å². The molecule has 1 aliphatic rings. The summed E-state index contributed by atoms with van der Waals surface area (Å²) in [6.45, 7) is 7.05. The van der Waals surface area contributed by atoms with Crippen LogP contribution in [0.3, 0.4) is 0 Å². The summed E-state index contributed by atoms with van der Waals surface area (Å²) in [5.74, 6) is 0.295. The van der Waals surface area contributed by atoms with Gasteiger partial charge in [0.1, 0.15) is 17.4 Å². The summed E-state index contributed by atoms with van der Waals surface area (Å²) in [5.41, 5.74) is 0.131. The average molecular weight is 288 g/mol. The standard InChI is InChI=1S/C15H20N4O2/c1-2-18-5-7-19(8-6-18)12-13(10-16)15(20)17-11-14-4-3-9-21-14/h3-4,9,12H,2,5-8,11H2,1H3,(H,17,20)/b13-12-. The molecule has 21 heavy (non-hydrogen) atoms. The summed E-state index contributed by atoms with van der Waals surface area (Å²) in [6, 6.07) is 5.51. The van der Waals surface area contributed by atoms with Crippen LogP contribution in [0.5, 0.6) is 0 Å². The van der Waals surface area contributed by atoms with Crippen molar-refractivity contribution in [3.8, 4) is 6.07 Å². The number of piperazine rings is 1. The number of amides is 1. The van der Waals surface area contributed by atoms with E-state index in [4.69, 9.17) is 9.68 Å². The summed E-state index contributed by atoms with van der Waals surface area (Å²) in [6.07, 6.45) is 3.21. The number of furan rings is 1. The smallest absolute Gasteiger partial charge is 0.263 e. The topological polar surface area (TPSA) is 72.5 Å². The largest absolute Gasteiger partial charge is 0.467 e. The van der Waals surface area contributed by atoms with Crippen LogP contribution in [0.4, 0.5) is 0 Å². The van der Waals surface area contributed by atoms with Gasteiger partial charge in [0.15, 0.2) is 0 Å². The van der Waals surface area contributed by atoms with E-state index in [2.05, 4.69) is 17.1 Å². The number of nitriles is 1. The third-order valence-corrected chi connectivity index (χ3v) is 3.53. The maximum absolute atomic E-state index is 12.0. The number of nitrogens with zero attached hydrogens (tertiary/aromatic N) is 3. The zero-order chi connectivity index (χ0) is 15.1. The Kier molecular flexibility index (Phi) is 5.41. The van der Waals surface area contributed by atoms with Gasteiger partial charge in [-0.2, -0.15) is 5.26 Å². The van der Waals surface area contributed by atoms with Crippen LogP contribution in [0.15, 0.2) is 34.6 Å². The van der Waals surface area contributed by atoms with Crippen LogP contribution in [0.1, 0.15) is 12.7 Å². The van der Waals surface area contributed by atoms with E-state index in [1.165, 1.54) is 0 Å². The predicted molar refractivity (Wildman–Crippen MR) is 77.9 cm³/mol. The number of carbonyl (C=O) groups excluding carboxylic acids is 1. The van der Waals surface area contributed by atoms with E-state index in [9.17, 15) is 4.79 Å². The van der Waals surface area contributed by atoms with E-state index >= 15 is 0 Å². The Bertz CT molecular complexity index is 522. The van der Waals surface area contributed by atoms with Crippen molar-refractivity contribution < 1.29 is 9.21 Å². The highest BCUT2D eigenvalue weighted by atomic mass is 16.3. The molecule has 0 bridgehead atoms. The van der Waals surface area contributed by atoms with Crippen molar-refractivity contribution >= 4 is 5.91 Å². The van der Waals surface area contributed by atoms with Crippen LogP contribution in [0, 0.1) is 11.3 Å². The van der Waals surface area contributed by atoms with E-state index in [0.717, 1.165) is 32.7 Å². The van der Waals surface area contributed by atoms with E-state index in [-0.39, 0.29) is 18.0 Å².